The fraction of sp³-hybridized carbons (Fsp3) is 0.500. The van der Waals surface area contributed by atoms with Gasteiger partial charge in [-0.05, 0) is 24.1 Å². The van der Waals surface area contributed by atoms with Crippen molar-refractivity contribution >= 4 is 12.6 Å². The molecule has 0 aliphatic carbocycles. The quantitative estimate of drug-likeness (QED) is 0.668. The molecule has 0 bridgehead atoms. The first-order valence-electron chi connectivity index (χ1n) is 5.02. The van der Waals surface area contributed by atoms with Crippen LogP contribution in [0.4, 0.5) is 0 Å². The van der Waals surface area contributed by atoms with E-state index in [9.17, 15) is 0 Å². The zero-order valence-corrected chi connectivity index (χ0v) is 9.77. The normalized spacial score (nSPS) is 8.92. The van der Waals surface area contributed by atoms with Crippen LogP contribution in [-0.4, -0.2) is 0 Å². The Morgan fingerprint density at radius 1 is 1.15 bits per heavy atom. The molecule has 0 amide bonds. The number of hydrogen-bond acceptors (Lipinski definition) is 1. The summed E-state index contributed by atoms with van der Waals surface area (Å²) in [5, 5.41) is 0. The minimum Gasteiger partial charge on any atom is -0.143 e. The Labute approximate surface area is 87.8 Å². The number of aryl methyl sites for hydroxylation is 1. The highest BCUT2D eigenvalue weighted by atomic mass is 32.1. The lowest BCUT2D eigenvalue weighted by molar-refractivity contribution is 0.918. The summed E-state index contributed by atoms with van der Waals surface area (Å²) in [5.74, 6) is 0. The molecule has 0 aliphatic heterocycles. The molecule has 1 aromatic carbocycles. The lowest BCUT2D eigenvalue weighted by Crippen LogP contribution is -1.80. The third-order valence-corrected chi connectivity index (χ3v) is 1.73. The van der Waals surface area contributed by atoms with Crippen molar-refractivity contribution in [3.63, 3.8) is 0 Å². The van der Waals surface area contributed by atoms with E-state index in [2.05, 4.69) is 45.5 Å². The van der Waals surface area contributed by atoms with E-state index in [1.165, 1.54) is 18.4 Å². The van der Waals surface area contributed by atoms with Gasteiger partial charge in [0.05, 0.1) is 0 Å². The van der Waals surface area contributed by atoms with Gasteiger partial charge in [-0.2, -0.15) is 0 Å². The molecule has 74 valence electrons. The Morgan fingerprint density at radius 2 is 1.77 bits per heavy atom. The molecule has 1 aromatic rings. The molecular formula is C12H20S. The summed E-state index contributed by atoms with van der Waals surface area (Å²) in [7, 11) is 0. The van der Waals surface area contributed by atoms with Gasteiger partial charge >= 0.3 is 0 Å². The largest absolute Gasteiger partial charge is 0.143 e. The van der Waals surface area contributed by atoms with Gasteiger partial charge in [0.2, 0.25) is 0 Å². The number of benzene rings is 1. The van der Waals surface area contributed by atoms with Crippen LogP contribution >= 0.6 is 12.6 Å². The lowest BCUT2D eigenvalue weighted by Gasteiger charge is -1.97. The molecule has 0 atom stereocenters. The van der Waals surface area contributed by atoms with Crippen molar-refractivity contribution in [1.82, 2.24) is 0 Å². The minimum atomic E-state index is 1.06. The molecule has 13 heavy (non-hydrogen) atoms. The maximum atomic E-state index is 4.25. The molecule has 0 saturated carbocycles. The Bertz CT molecular complexity index is 218. The topological polar surface area (TPSA) is 0 Å². The van der Waals surface area contributed by atoms with Crippen LogP contribution in [0, 0.1) is 0 Å². The molecule has 0 fully saturated rings. The molecule has 0 aliphatic rings. The molecule has 1 rings (SSSR count). The average molecular weight is 196 g/mol. The fourth-order valence-electron chi connectivity index (χ4n) is 1.00. The lowest BCUT2D eigenvalue weighted by atomic mass is 10.1. The zero-order valence-electron chi connectivity index (χ0n) is 8.88. The van der Waals surface area contributed by atoms with E-state index in [0.29, 0.717) is 0 Å². The molecule has 0 radical (unpaired) electrons. The summed E-state index contributed by atoms with van der Waals surface area (Å²) >= 11 is 4.25. The molecule has 0 spiro atoms. The third kappa shape index (κ3) is 6.71. The average Bonchev–Trinajstić information content (AvgIpc) is 2.06. The summed E-state index contributed by atoms with van der Waals surface area (Å²) in [4.78, 5) is 1.06. The monoisotopic (exact) mass is 196 g/mol. The standard InChI is InChI=1S/C9H12S.C3H8/c1-2-4-8-5-3-6-9(10)7-8;1-3-2/h3,5-7,10H,2,4H2,1H3;3H2,1-2H3. The third-order valence-electron chi connectivity index (χ3n) is 1.45. The van der Waals surface area contributed by atoms with Gasteiger partial charge in [0.25, 0.3) is 0 Å². The first-order chi connectivity index (χ1) is 6.24. The van der Waals surface area contributed by atoms with Crippen LogP contribution in [0.2, 0.25) is 0 Å². The van der Waals surface area contributed by atoms with Gasteiger partial charge in [-0.3, -0.25) is 0 Å². The minimum absolute atomic E-state index is 1.06. The van der Waals surface area contributed by atoms with E-state index in [4.69, 9.17) is 0 Å². The first kappa shape index (κ1) is 12.6. The van der Waals surface area contributed by atoms with E-state index < -0.39 is 0 Å². The van der Waals surface area contributed by atoms with E-state index >= 15 is 0 Å². The van der Waals surface area contributed by atoms with Crippen LogP contribution in [0.3, 0.4) is 0 Å². The van der Waals surface area contributed by atoms with Crippen molar-refractivity contribution in [2.24, 2.45) is 0 Å². The van der Waals surface area contributed by atoms with Crippen molar-refractivity contribution in [2.45, 2.75) is 44.9 Å². The second kappa shape index (κ2) is 8.18. The van der Waals surface area contributed by atoms with Crippen LogP contribution in [0.15, 0.2) is 29.2 Å². The van der Waals surface area contributed by atoms with E-state index in [1.807, 2.05) is 12.1 Å². The SMILES string of the molecule is CCC.CCCc1cccc(S)c1. The van der Waals surface area contributed by atoms with Crippen LogP contribution in [0.25, 0.3) is 0 Å². The van der Waals surface area contributed by atoms with Crippen LogP contribution < -0.4 is 0 Å². The van der Waals surface area contributed by atoms with Crippen molar-refractivity contribution in [3.8, 4) is 0 Å². The van der Waals surface area contributed by atoms with Crippen molar-refractivity contribution in [2.75, 3.05) is 0 Å². The highest BCUT2D eigenvalue weighted by Gasteiger charge is 1.89. The zero-order chi connectivity index (χ0) is 10.1. The molecule has 0 heterocycles. The summed E-state index contributed by atoms with van der Waals surface area (Å²) in [6.07, 6.45) is 3.62. The number of hydrogen-bond donors (Lipinski definition) is 1. The van der Waals surface area contributed by atoms with Gasteiger partial charge in [-0.1, -0.05) is 45.7 Å². The Balaban J connectivity index is 0.000000424. The highest BCUT2D eigenvalue weighted by Crippen LogP contribution is 2.09. The van der Waals surface area contributed by atoms with Crippen LogP contribution in [-0.2, 0) is 6.42 Å². The van der Waals surface area contributed by atoms with Crippen LogP contribution in [0.1, 0.15) is 39.2 Å². The molecule has 0 unspecified atom stereocenters. The first-order valence-corrected chi connectivity index (χ1v) is 5.47. The highest BCUT2D eigenvalue weighted by molar-refractivity contribution is 7.80. The predicted octanol–water partition coefficient (Wildman–Crippen LogP) is 4.34. The summed E-state index contributed by atoms with van der Waals surface area (Å²) in [5.41, 5.74) is 1.38. The Kier molecular flexibility index (Phi) is 7.91. The van der Waals surface area contributed by atoms with Crippen molar-refractivity contribution < 1.29 is 0 Å². The molecule has 0 aromatic heterocycles. The molecule has 1 heteroatoms. The Morgan fingerprint density at radius 3 is 2.23 bits per heavy atom. The van der Waals surface area contributed by atoms with E-state index in [-0.39, 0.29) is 0 Å². The van der Waals surface area contributed by atoms with Crippen molar-refractivity contribution in [3.05, 3.63) is 29.8 Å². The number of rotatable bonds is 2. The molecular weight excluding hydrogens is 176 g/mol. The fourth-order valence-corrected chi connectivity index (χ4v) is 1.25. The van der Waals surface area contributed by atoms with Gasteiger partial charge in [-0.15, -0.1) is 12.6 Å². The van der Waals surface area contributed by atoms with Gasteiger partial charge in [0.1, 0.15) is 0 Å². The van der Waals surface area contributed by atoms with Crippen LogP contribution in [0.5, 0.6) is 0 Å². The number of thiol groups is 1. The second-order valence-electron chi connectivity index (χ2n) is 3.13. The molecule has 0 nitrogen and oxygen atoms in total. The smallest absolute Gasteiger partial charge is 0.00427 e. The summed E-state index contributed by atoms with van der Waals surface area (Å²) in [6, 6.07) is 8.31. The second-order valence-corrected chi connectivity index (χ2v) is 3.64. The Hall–Kier alpha value is -0.430. The van der Waals surface area contributed by atoms with Crippen molar-refractivity contribution in [1.29, 1.82) is 0 Å². The van der Waals surface area contributed by atoms with Gasteiger partial charge in [-0.25, -0.2) is 0 Å². The summed E-state index contributed by atoms with van der Waals surface area (Å²) in [6.45, 7) is 6.44. The van der Waals surface area contributed by atoms with Gasteiger partial charge < -0.3 is 0 Å². The van der Waals surface area contributed by atoms with E-state index in [0.717, 1.165) is 11.3 Å². The molecule has 0 saturated heterocycles. The van der Waals surface area contributed by atoms with Gasteiger partial charge in [0, 0.05) is 4.90 Å². The summed E-state index contributed by atoms with van der Waals surface area (Å²) < 4.78 is 0. The maximum Gasteiger partial charge on any atom is 0.00427 e. The predicted molar refractivity (Wildman–Crippen MR) is 63.7 cm³/mol. The van der Waals surface area contributed by atoms with E-state index in [1.54, 1.807) is 0 Å². The van der Waals surface area contributed by atoms with Gasteiger partial charge in [0.15, 0.2) is 0 Å². The molecule has 0 N–H and O–H groups in total. The maximum absolute atomic E-state index is 4.25.